The summed E-state index contributed by atoms with van der Waals surface area (Å²) in [4.78, 5) is 15.1. The van der Waals surface area contributed by atoms with Gasteiger partial charge in [-0.25, -0.2) is 0 Å². The largest absolute Gasteiger partial charge is 0.416 e. The highest BCUT2D eigenvalue weighted by molar-refractivity contribution is 5.95. The number of carbonyl (C=O) groups excluding carboxylic acids is 1. The standard InChI is InChI=1S/C24H27F3N2O.ClH/c1-16-20(6-4-7-21(16)24(25,26)27)23(30)28-15-17-8-10-18(11-9-17)22-13-12-19-5-2-3-14-29(19)22;/h4,6-11,19,22H,2-3,5,12-15H2,1H3,(H,28,30);1H. The number of nitrogens with zero attached hydrogens (tertiary/aromatic N) is 1. The van der Waals surface area contributed by atoms with Gasteiger partial charge in [0.25, 0.3) is 5.91 Å². The molecule has 1 N–H and O–H groups in total. The van der Waals surface area contributed by atoms with Crippen LogP contribution in [0.15, 0.2) is 42.5 Å². The van der Waals surface area contributed by atoms with Gasteiger partial charge in [0.1, 0.15) is 0 Å². The van der Waals surface area contributed by atoms with Gasteiger partial charge in [0.2, 0.25) is 0 Å². The van der Waals surface area contributed by atoms with E-state index < -0.39 is 17.6 Å². The zero-order chi connectivity index (χ0) is 21.3. The molecule has 7 heteroatoms. The Kier molecular flexibility index (Phi) is 7.32. The van der Waals surface area contributed by atoms with E-state index in [2.05, 4.69) is 22.3 Å². The molecule has 168 valence electrons. The Labute approximate surface area is 187 Å². The van der Waals surface area contributed by atoms with E-state index in [1.807, 2.05) is 12.1 Å². The van der Waals surface area contributed by atoms with Gasteiger partial charge in [-0.2, -0.15) is 13.2 Å². The lowest BCUT2D eigenvalue weighted by molar-refractivity contribution is -0.138. The van der Waals surface area contributed by atoms with Gasteiger partial charge in [-0.15, -0.1) is 12.4 Å². The summed E-state index contributed by atoms with van der Waals surface area (Å²) in [5.74, 6) is -0.491. The third kappa shape index (κ3) is 5.07. The number of piperidine rings is 1. The Morgan fingerprint density at radius 1 is 1.06 bits per heavy atom. The predicted molar refractivity (Wildman–Crippen MR) is 117 cm³/mol. The van der Waals surface area contributed by atoms with E-state index in [1.165, 1.54) is 63.3 Å². The Morgan fingerprint density at radius 2 is 1.81 bits per heavy atom. The van der Waals surface area contributed by atoms with Gasteiger partial charge in [-0.1, -0.05) is 36.8 Å². The molecule has 2 heterocycles. The van der Waals surface area contributed by atoms with Crippen molar-refractivity contribution in [3.05, 3.63) is 70.3 Å². The third-order valence-corrected chi connectivity index (χ3v) is 6.55. The molecule has 2 aromatic rings. The second kappa shape index (κ2) is 9.61. The van der Waals surface area contributed by atoms with Crippen LogP contribution >= 0.6 is 12.4 Å². The number of benzene rings is 2. The normalized spacial score (nSPS) is 21.3. The van der Waals surface area contributed by atoms with Crippen molar-refractivity contribution in [3.63, 3.8) is 0 Å². The molecule has 0 radical (unpaired) electrons. The van der Waals surface area contributed by atoms with Crippen LogP contribution in [0.2, 0.25) is 0 Å². The Balaban J connectivity index is 0.00000272. The summed E-state index contributed by atoms with van der Waals surface area (Å²) in [6.07, 6.45) is 1.89. The molecule has 2 aromatic carbocycles. The first kappa shape index (κ1) is 23.6. The van der Waals surface area contributed by atoms with E-state index in [-0.39, 0.29) is 30.1 Å². The summed E-state index contributed by atoms with van der Waals surface area (Å²) >= 11 is 0. The maximum Gasteiger partial charge on any atom is 0.416 e. The molecule has 2 aliphatic rings. The molecule has 2 fully saturated rings. The van der Waals surface area contributed by atoms with Crippen LogP contribution in [-0.2, 0) is 12.7 Å². The minimum absolute atomic E-state index is 0. The maximum atomic E-state index is 13.1. The van der Waals surface area contributed by atoms with E-state index in [9.17, 15) is 18.0 Å². The van der Waals surface area contributed by atoms with Crippen molar-refractivity contribution in [1.82, 2.24) is 10.2 Å². The van der Waals surface area contributed by atoms with Crippen LogP contribution in [0.5, 0.6) is 0 Å². The summed E-state index contributed by atoms with van der Waals surface area (Å²) in [5.41, 5.74) is 1.49. The van der Waals surface area contributed by atoms with E-state index in [0.29, 0.717) is 6.04 Å². The highest BCUT2D eigenvalue weighted by Crippen LogP contribution is 2.40. The number of carbonyl (C=O) groups is 1. The fourth-order valence-corrected chi connectivity index (χ4v) is 4.94. The number of rotatable bonds is 4. The maximum absolute atomic E-state index is 13.1. The molecule has 0 aromatic heterocycles. The van der Waals surface area contributed by atoms with Crippen LogP contribution < -0.4 is 5.32 Å². The fraction of sp³-hybridized carbons (Fsp3) is 0.458. The fourth-order valence-electron chi connectivity index (χ4n) is 4.94. The van der Waals surface area contributed by atoms with Crippen molar-refractivity contribution in [2.75, 3.05) is 6.54 Å². The topological polar surface area (TPSA) is 32.3 Å². The van der Waals surface area contributed by atoms with Gasteiger partial charge < -0.3 is 5.32 Å². The molecule has 4 rings (SSSR count). The van der Waals surface area contributed by atoms with Gasteiger partial charge in [0.15, 0.2) is 0 Å². The summed E-state index contributed by atoms with van der Waals surface area (Å²) in [6.45, 7) is 2.79. The Bertz CT molecular complexity index is 914. The van der Waals surface area contributed by atoms with Crippen LogP contribution in [0.4, 0.5) is 13.2 Å². The second-order valence-electron chi connectivity index (χ2n) is 8.38. The van der Waals surface area contributed by atoms with Gasteiger partial charge in [-0.3, -0.25) is 9.69 Å². The van der Waals surface area contributed by atoms with Gasteiger partial charge in [0.05, 0.1) is 5.56 Å². The van der Waals surface area contributed by atoms with E-state index in [1.54, 1.807) is 0 Å². The number of hydrogen-bond acceptors (Lipinski definition) is 2. The van der Waals surface area contributed by atoms with Crippen LogP contribution in [0.3, 0.4) is 0 Å². The van der Waals surface area contributed by atoms with Crippen molar-refractivity contribution in [2.45, 2.75) is 63.8 Å². The molecule has 0 spiro atoms. The molecule has 0 aliphatic carbocycles. The van der Waals surface area contributed by atoms with Crippen LogP contribution in [0.1, 0.15) is 70.8 Å². The van der Waals surface area contributed by atoms with E-state index in [4.69, 9.17) is 0 Å². The number of amides is 1. The van der Waals surface area contributed by atoms with Crippen LogP contribution in [0.25, 0.3) is 0 Å². The first-order chi connectivity index (χ1) is 14.3. The molecule has 1 amide bonds. The number of nitrogens with one attached hydrogen (secondary N) is 1. The summed E-state index contributed by atoms with van der Waals surface area (Å²) in [7, 11) is 0. The average Bonchev–Trinajstić information content (AvgIpc) is 3.16. The molecular weight excluding hydrogens is 425 g/mol. The minimum Gasteiger partial charge on any atom is -0.348 e. The molecule has 3 nitrogen and oxygen atoms in total. The summed E-state index contributed by atoms with van der Waals surface area (Å²) in [5, 5.41) is 2.75. The van der Waals surface area contributed by atoms with Crippen molar-refractivity contribution < 1.29 is 18.0 Å². The van der Waals surface area contributed by atoms with Crippen molar-refractivity contribution >= 4 is 18.3 Å². The third-order valence-electron chi connectivity index (χ3n) is 6.55. The van der Waals surface area contributed by atoms with Crippen molar-refractivity contribution in [3.8, 4) is 0 Å². The quantitative estimate of drug-likeness (QED) is 0.612. The number of halogens is 4. The van der Waals surface area contributed by atoms with Crippen LogP contribution in [-0.4, -0.2) is 23.4 Å². The van der Waals surface area contributed by atoms with Gasteiger partial charge in [0, 0.05) is 24.2 Å². The minimum atomic E-state index is -4.47. The Hall–Kier alpha value is -2.05. The van der Waals surface area contributed by atoms with Crippen molar-refractivity contribution in [2.24, 2.45) is 0 Å². The van der Waals surface area contributed by atoms with Gasteiger partial charge in [-0.05, 0) is 68.0 Å². The van der Waals surface area contributed by atoms with Crippen LogP contribution in [0, 0.1) is 6.92 Å². The van der Waals surface area contributed by atoms with Gasteiger partial charge >= 0.3 is 6.18 Å². The highest BCUT2D eigenvalue weighted by Gasteiger charge is 2.35. The lowest BCUT2D eigenvalue weighted by atomic mass is 10.0. The summed E-state index contributed by atoms with van der Waals surface area (Å²) in [6, 6.07) is 13.2. The number of fused-ring (bicyclic) bond motifs is 1. The van der Waals surface area contributed by atoms with Crippen molar-refractivity contribution in [1.29, 1.82) is 0 Å². The smallest absolute Gasteiger partial charge is 0.348 e. The SMILES string of the molecule is Cc1c(C(=O)NCc2ccc(C3CCC4CCCCN43)cc2)cccc1C(F)(F)F.Cl. The number of alkyl halides is 3. The van der Waals surface area contributed by atoms with E-state index >= 15 is 0 Å². The second-order valence-corrected chi connectivity index (χ2v) is 8.38. The molecule has 0 saturated carbocycles. The highest BCUT2D eigenvalue weighted by atomic mass is 35.5. The van der Waals surface area contributed by atoms with E-state index in [0.717, 1.165) is 17.7 Å². The molecule has 2 aliphatic heterocycles. The molecule has 2 unspecified atom stereocenters. The molecular formula is C24H28ClF3N2O. The summed E-state index contributed by atoms with van der Waals surface area (Å²) < 4.78 is 39.2. The lowest BCUT2D eigenvalue weighted by Crippen LogP contribution is -2.35. The first-order valence-corrected chi connectivity index (χ1v) is 10.6. The molecule has 2 saturated heterocycles. The number of hydrogen-bond donors (Lipinski definition) is 1. The predicted octanol–water partition coefficient (Wildman–Crippen LogP) is 6.06. The first-order valence-electron chi connectivity index (χ1n) is 10.6. The lowest BCUT2D eigenvalue weighted by Gasteiger charge is -2.34. The zero-order valence-corrected chi connectivity index (χ0v) is 18.4. The average molecular weight is 453 g/mol. The molecule has 0 bridgehead atoms. The Morgan fingerprint density at radius 3 is 2.52 bits per heavy atom. The zero-order valence-electron chi connectivity index (χ0n) is 17.5. The molecule has 2 atom stereocenters. The monoisotopic (exact) mass is 452 g/mol. The molecule has 31 heavy (non-hydrogen) atoms.